The minimum atomic E-state index is -1.74. The van der Waals surface area contributed by atoms with E-state index in [0.29, 0.717) is 0 Å². The first kappa shape index (κ1) is 24.4. The highest BCUT2D eigenvalue weighted by molar-refractivity contribution is 6.74. The number of nitrogens with zero attached hydrogens (tertiary/aromatic N) is 1. The fourth-order valence-corrected chi connectivity index (χ4v) is 3.02. The van der Waals surface area contributed by atoms with Crippen LogP contribution >= 0.6 is 0 Å². The fraction of sp³-hybridized carbons (Fsp3) is 0.864. The molecular weight excluding hydrogens is 322 g/mol. The third-order valence-electron chi connectivity index (χ3n) is 5.34. The normalized spacial score (nSPS) is 13.2. The average Bonchev–Trinajstić information content (AvgIpc) is 2.53. The molecule has 0 aromatic heterocycles. The lowest BCUT2D eigenvalue weighted by Crippen LogP contribution is -2.39. The molecule has 0 saturated carbocycles. The molecule has 0 amide bonds. The molecule has 0 rings (SSSR count). The lowest BCUT2D eigenvalue weighted by molar-refractivity contribution is 0.310. The van der Waals surface area contributed by atoms with Crippen molar-refractivity contribution < 1.29 is 4.53 Å². The van der Waals surface area contributed by atoms with Crippen LogP contribution in [-0.4, -0.2) is 14.5 Å². The molecule has 0 heterocycles. The van der Waals surface area contributed by atoms with Gasteiger partial charge in [-0.2, -0.15) is 0 Å². The quantitative estimate of drug-likeness (QED) is 0.123. The van der Waals surface area contributed by atoms with Crippen LogP contribution in [0.2, 0.25) is 18.1 Å². The molecule has 0 spiro atoms. The Bertz CT molecular complexity index is 356. The Kier molecular flexibility index (Phi) is 14.2. The molecule has 0 aliphatic carbocycles. The van der Waals surface area contributed by atoms with Crippen LogP contribution < -0.4 is 0 Å². The van der Waals surface area contributed by atoms with E-state index < -0.39 is 8.32 Å². The first-order valence-electron chi connectivity index (χ1n) is 10.7. The van der Waals surface area contributed by atoms with Gasteiger partial charge in [-0.3, -0.25) is 0 Å². The lowest BCUT2D eigenvalue weighted by atomic mass is 10.1. The first-order valence-corrected chi connectivity index (χ1v) is 13.6. The van der Waals surface area contributed by atoms with Crippen molar-refractivity contribution in [3.05, 3.63) is 12.2 Å². The third kappa shape index (κ3) is 14.3. The van der Waals surface area contributed by atoms with Gasteiger partial charge in [-0.1, -0.05) is 98.0 Å². The van der Waals surface area contributed by atoms with Crippen LogP contribution in [0.25, 0.3) is 0 Å². The van der Waals surface area contributed by atoms with Crippen molar-refractivity contribution >= 4 is 14.5 Å². The molecule has 0 aliphatic rings. The predicted molar refractivity (Wildman–Crippen MR) is 117 cm³/mol. The maximum absolute atomic E-state index is 5.76. The van der Waals surface area contributed by atoms with Gasteiger partial charge in [-0.05, 0) is 37.0 Å². The minimum Gasteiger partial charge on any atom is -0.455 e. The van der Waals surface area contributed by atoms with Gasteiger partial charge >= 0.3 is 0 Å². The van der Waals surface area contributed by atoms with E-state index in [1.165, 1.54) is 70.6 Å². The second-order valence-electron chi connectivity index (χ2n) is 8.86. The Labute approximate surface area is 159 Å². The molecule has 2 nitrogen and oxygen atoms in total. The summed E-state index contributed by atoms with van der Waals surface area (Å²) in [6, 6.07) is 0. The molecule has 0 aromatic carbocycles. The predicted octanol–water partition coefficient (Wildman–Crippen LogP) is 8.25. The van der Waals surface area contributed by atoms with Gasteiger partial charge in [0.1, 0.15) is 0 Å². The molecule has 0 aliphatic heterocycles. The van der Waals surface area contributed by atoms with Crippen molar-refractivity contribution in [1.82, 2.24) is 0 Å². The van der Waals surface area contributed by atoms with E-state index >= 15 is 0 Å². The van der Waals surface area contributed by atoms with Gasteiger partial charge in [0.15, 0.2) is 0 Å². The van der Waals surface area contributed by atoms with Gasteiger partial charge in [-0.15, -0.1) is 5.16 Å². The van der Waals surface area contributed by atoms with Gasteiger partial charge in [0.05, 0.1) is 6.21 Å². The van der Waals surface area contributed by atoms with E-state index in [9.17, 15) is 0 Å². The molecule has 3 heteroatoms. The number of oxime groups is 1. The molecule has 0 atom stereocenters. The van der Waals surface area contributed by atoms with E-state index in [1.807, 2.05) is 6.08 Å². The summed E-state index contributed by atoms with van der Waals surface area (Å²) in [6.45, 7) is 13.4. The second kappa shape index (κ2) is 14.6. The molecule has 25 heavy (non-hydrogen) atoms. The van der Waals surface area contributed by atoms with Gasteiger partial charge in [0.2, 0.25) is 0 Å². The van der Waals surface area contributed by atoms with Crippen molar-refractivity contribution in [1.29, 1.82) is 0 Å². The summed E-state index contributed by atoms with van der Waals surface area (Å²) in [4.78, 5) is 0. The fourth-order valence-electron chi connectivity index (χ4n) is 2.42. The lowest BCUT2D eigenvalue weighted by Gasteiger charge is -2.32. The maximum atomic E-state index is 5.76. The highest BCUT2D eigenvalue weighted by Crippen LogP contribution is 2.36. The third-order valence-corrected chi connectivity index (χ3v) is 9.52. The summed E-state index contributed by atoms with van der Waals surface area (Å²) in [5.74, 6) is 0. The second-order valence-corrected chi connectivity index (χ2v) is 13.6. The molecule has 0 radical (unpaired) electrons. The summed E-state index contributed by atoms with van der Waals surface area (Å²) in [5.41, 5.74) is 0. The highest BCUT2D eigenvalue weighted by atomic mass is 28.4. The topological polar surface area (TPSA) is 21.6 Å². The van der Waals surface area contributed by atoms with Crippen molar-refractivity contribution in [3.63, 3.8) is 0 Å². The van der Waals surface area contributed by atoms with Crippen LogP contribution in [0.15, 0.2) is 17.3 Å². The first-order chi connectivity index (χ1) is 11.8. The largest absolute Gasteiger partial charge is 0.455 e. The summed E-state index contributed by atoms with van der Waals surface area (Å²) < 4.78 is 5.76. The van der Waals surface area contributed by atoms with Crippen molar-refractivity contribution in [2.45, 2.75) is 123 Å². The summed E-state index contributed by atoms with van der Waals surface area (Å²) in [6.07, 6.45) is 22.6. The number of rotatable bonds is 15. The smallest absolute Gasteiger partial charge is 0.286 e. The Balaban J connectivity index is 3.45. The van der Waals surface area contributed by atoms with E-state index in [4.69, 9.17) is 4.53 Å². The Hall–Kier alpha value is -0.573. The van der Waals surface area contributed by atoms with Crippen LogP contribution in [-0.2, 0) is 4.53 Å². The summed E-state index contributed by atoms with van der Waals surface area (Å²) in [5, 5.41) is 4.37. The molecule has 148 valence electrons. The zero-order valence-corrected chi connectivity index (χ0v) is 19.1. The zero-order valence-electron chi connectivity index (χ0n) is 18.1. The van der Waals surface area contributed by atoms with E-state index in [2.05, 4.69) is 52.0 Å². The van der Waals surface area contributed by atoms with Gasteiger partial charge in [0.25, 0.3) is 8.32 Å². The van der Waals surface area contributed by atoms with Crippen LogP contribution in [0.4, 0.5) is 0 Å². The summed E-state index contributed by atoms with van der Waals surface area (Å²) >= 11 is 0. The Morgan fingerprint density at radius 2 is 1.28 bits per heavy atom. The van der Waals surface area contributed by atoms with Gasteiger partial charge < -0.3 is 4.53 Å². The number of hydrogen-bond acceptors (Lipinski definition) is 2. The van der Waals surface area contributed by atoms with Crippen LogP contribution in [0.5, 0.6) is 0 Å². The van der Waals surface area contributed by atoms with E-state index in [-0.39, 0.29) is 5.04 Å². The van der Waals surface area contributed by atoms with Crippen LogP contribution in [0, 0.1) is 0 Å². The Morgan fingerprint density at radius 3 is 1.76 bits per heavy atom. The average molecular weight is 368 g/mol. The monoisotopic (exact) mass is 367 g/mol. The minimum absolute atomic E-state index is 0.212. The molecule has 0 bridgehead atoms. The van der Waals surface area contributed by atoms with Gasteiger partial charge in [0, 0.05) is 0 Å². The molecule has 0 saturated heterocycles. The number of hydrogen-bond donors (Lipinski definition) is 0. The molecule has 0 N–H and O–H groups in total. The zero-order chi connectivity index (χ0) is 19.0. The van der Waals surface area contributed by atoms with Crippen molar-refractivity contribution in [3.8, 4) is 0 Å². The summed E-state index contributed by atoms with van der Waals surface area (Å²) in [7, 11) is -1.74. The molecular formula is C22H45NOSi. The maximum Gasteiger partial charge on any atom is 0.286 e. The number of allylic oxidation sites excluding steroid dienone is 2. The van der Waals surface area contributed by atoms with E-state index in [1.54, 1.807) is 6.21 Å². The highest BCUT2D eigenvalue weighted by Gasteiger charge is 2.39. The standard InChI is InChI=1S/C22H45NOSi/c1-7-8-9-10-11-12-13-14-15-16-17-18-19-20-21-23-24-25(5,6)22(2,3)4/h19-21H,7-18H2,1-6H3/b20-19+,23-21+. The van der Waals surface area contributed by atoms with Crippen molar-refractivity contribution in [2.75, 3.05) is 0 Å². The van der Waals surface area contributed by atoms with Gasteiger partial charge in [-0.25, -0.2) is 0 Å². The van der Waals surface area contributed by atoms with Crippen LogP contribution in [0.3, 0.4) is 0 Å². The SMILES string of the molecule is CCCCCCCCCCCCC/C=C/C=N/O[Si](C)(C)C(C)(C)C. The van der Waals surface area contributed by atoms with Crippen LogP contribution in [0.1, 0.15) is 105 Å². The number of unbranched alkanes of at least 4 members (excludes halogenated alkanes) is 11. The molecule has 0 aromatic rings. The Morgan fingerprint density at radius 1 is 0.800 bits per heavy atom. The van der Waals surface area contributed by atoms with E-state index in [0.717, 1.165) is 6.42 Å². The van der Waals surface area contributed by atoms with Crippen molar-refractivity contribution in [2.24, 2.45) is 5.16 Å². The molecule has 0 fully saturated rings. The molecule has 0 unspecified atom stereocenters.